The molecular weight excluding hydrogens is 334 g/mol. The van der Waals surface area contributed by atoms with Crippen LogP contribution < -0.4 is 4.74 Å². The molecule has 0 spiro atoms. The fourth-order valence-electron chi connectivity index (χ4n) is 2.89. The predicted molar refractivity (Wildman–Crippen MR) is 89.4 cm³/mol. The first kappa shape index (κ1) is 18.5. The fourth-order valence-corrected chi connectivity index (χ4v) is 3.01. The van der Waals surface area contributed by atoms with Gasteiger partial charge < -0.3 is 19.5 Å². The van der Waals surface area contributed by atoms with E-state index in [0.717, 1.165) is 5.56 Å². The number of halogens is 1. The Morgan fingerprint density at radius 3 is 2.75 bits per heavy atom. The Labute approximate surface area is 146 Å². The topological polar surface area (TPSA) is 76.1 Å². The van der Waals surface area contributed by atoms with E-state index in [-0.39, 0.29) is 19.1 Å². The molecule has 1 fully saturated rings. The number of rotatable bonds is 6. The van der Waals surface area contributed by atoms with Crippen LogP contribution in [-0.2, 0) is 14.3 Å². The number of aliphatic carboxylic acids is 1. The van der Waals surface area contributed by atoms with Crippen molar-refractivity contribution in [2.45, 2.75) is 26.4 Å². The van der Waals surface area contributed by atoms with Gasteiger partial charge in [0.15, 0.2) is 6.10 Å². The summed E-state index contributed by atoms with van der Waals surface area (Å²) in [5.74, 6) is -0.623. The van der Waals surface area contributed by atoms with Gasteiger partial charge in [0.1, 0.15) is 11.2 Å². The molecule has 0 aliphatic carbocycles. The van der Waals surface area contributed by atoms with E-state index in [1.54, 1.807) is 25.1 Å². The van der Waals surface area contributed by atoms with E-state index in [0.29, 0.717) is 23.7 Å². The van der Waals surface area contributed by atoms with Gasteiger partial charge in [0.05, 0.1) is 6.61 Å². The van der Waals surface area contributed by atoms with Gasteiger partial charge in [-0.15, -0.1) is 0 Å². The molecule has 6 nitrogen and oxygen atoms in total. The number of amides is 1. The van der Waals surface area contributed by atoms with Gasteiger partial charge in [-0.05, 0) is 44.0 Å². The third kappa shape index (κ3) is 3.82. The molecule has 0 bridgehead atoms. The number of carboxylic acid groups (broad SMARTS) is 1. The molecule has 24 heavy (non-hydrogen) atoms. The molecule has 1 saturated heterocycles. The molecule has 1 aromatic rings. The molecule has 1 aliphatic heterocycles. The summed E-state index contributed by atoms with van der Waals surface area (Å²) in [5.41, 5.74) is -0.180. The number of carbonyl (C=O) groups is 2. The van der Waals surface area contributed by atoms with E-state index in [4.69, 9.17) is 21.1 Å². The van der Waals surface area contributed by atoms with Crippen LogP contribution in [-0.4, -0.2) is 54.8 Å². The number of ether oxygens (including phenoxy) is 2. The second-order valence-corrected chi connectivity index (χ2v) is 6.61. The zero-order chi connectivity index (χ0) is 17.9. The first-order valence-electron chi connectivity index (χ1n) is 7.73. The SMILES string of the molecule is COCC1(C(=O)O)CCN(C(=O)C(C)Oc2ccc(Cl)c(C)c2)C1. The Balaban J connectivity index is 2.03. The predicted octanol–water partition coefficient (Wildman–Crippen LogP) is 2.37. The number of aryl methyl sites for hydroxylation is 1. The van der Waals surface area contributed by atoms with Crippen molar-refractivity contribution in [2.75, 3.05) is 26.8 Å². The molecule has 2 rings (SSSR count). The largest absolute Gasteiger partial charge is 0.481 e. The minimum Gasteiger partial charge on any atom is -0.481 e. The van der Waals surface area contributed by atoms with Gasteiger partial charge in [-0.25, -0.2) is 0 Å². The number of nitrogens with zero attached hydrogens (tertiary/aromatic N) is 1. The lowest BCUT2D eigenvalue weighted by Crippen LogP contribution is -2.43. The highest BCUT2D eigenvalue weighted by Crippen LogP contribution is 2.32. The lowest BCUT2D eigenvalue weighted by atomic mass is 9.88. The van der Waals surface area contributed by atoms with Gasteiger partial charge in [-0.1, -0.05) is 11.6 Å². The Morgan fingerprint density at radius 2 is 2.17 bits per heavy atom. The van der Waals surface area contributed by atoms with Gasteiger partial charge in [0, 0.05) is 25.2 Å². The summed E-state index contributed by atoms with van der Waals surface area (Å²) in [4.78, 5) is 25.6. The van der Waals surface area contributed by atoms with Crippen molar-refractivity contribution >= 4 is 23.5 Å². The fraction of sp³-hybridized carbons (Fsp3) is 0.529. The van der Waals surface area contributed by atoms with Crippen molar-refractivity contribution in [2.24, 2.45) is 5.41 Å². The zero-order valence-electron chi connectivity index (χ0n) is 14.0. The molecule has 2 unspecified atom stereocenters. The second kappa shape index (κ2) is 7.40. The average Bonchev–Trinajstić information content (AvgIpc) is 2.96. The average molecular weight is 356 g/mol. The molecule has 2 atom stereocenters. The zero-order valence-corrected chi connectivity index (χ0v) is 14.8. The lowest BCUT2D eigenvalue weighted by Gasteiger charge is -2.25. The maximum absolute atomic E-state index is 12.6. The van der Waals surface area contributed by atoms with Crippen LogP contribution in [0.25, 0.3) is 0 Å². The maximum Gasteiger partial charge on any atom is 0.313 e. The van der Waals surface area contributed by atoms with Crippen molar-refractivity contribution in [3.63, 3.8) is 0 Å². The summed E-state index contributed by atoms with van der Waals surface area (Å²) >= 11 is 5.98. The van der Waals surface area contributed by atoms with E-state index < -0.39 is 17.5 Å². The Kier molecular flexibility index (Phi) is 5.72. The van der Waals surface area contributed by atoms with Crippen molar-refractivity contribution in [1.29, 1.82) is 0 Å². The quantitative estimate of drug-likeness (QED) is 0.847. The molecule has 7 heteroatoms. The van der Waals surface area contributed by atoms with Crippen molar-refractivity contribution in [3.8, 4) is 5.75 Å². The summed E-state index contributed by atoms with van der Waals surface area (Å²) in [6.07, 6.45) is -0.341. The number of benzene rings is 1. The summed E-state index contributed by atoms with van der Waals surface area (Å²) in [6, 6.07) is 5.19. The van der Waals surface area contributed by atoms with E-state index in [1.807, 2.05) is 6.92 Å². The number of likely N-dealkylation sites (tertiary alicyclic amines) is 1. The first-order valence-corrected chi connectivity index (χ1v) is 8.11. The van der Waals surface area contributed by atoms with Gasteiger partial charge in [0.25, 0.3) is 5.91 Å². The molecular formula is C17H22ClNO5. The van der Waals surface area contributed by atoms with Crippen LogP contribution in [0.5, 0.6) is 5.75 Å². The summed E-state index contributed by atoms with van der Waals surface area (Å²) in [6.45, 7) is 4.10. The highest BCUT2D eigenvalue weighted by Gasteiger charge is 2.47. The van der Waals surface area contributed by atoms with Crippen LogP contribution in [0.2, 0.25) is 5.02 Å². The summed E-state index contributed by atoms with van der Waals surface area (Å²) in [7, 11) is 1.46. The van der Waals surface area contributed by atoms with Crippen molar-refractivity contribution < 1.29 is 24.2 Å². The monoisotopic (exact) mass is 355 g/mol. The molecule has 0 radical (unpaired) electrons. The highest BCUT2D eigenvalue weighted by atomic mass is 35.5. The molecule has 1 aromatic carbocycles. The second-order valence-electron chi connectivity index (χ2n) is 6.20. The molecule has 1 heterocycles. The lowest BCUT2D eigenvalue weighted by molar-refractivity contribution is -0.152. The Bertz CT molecular complexity index is 635. The van der Waals surface area contributed by atoms with Crippen molar-refractivity contribution in [1.82, 2.24) is 4.90 Å². The minimum atomic E-state index is -1.04. The van der Waals surface area contributed by atoms with E-state index in [9.17, 15) is 14.7 Å². The Morgan fingerprint density at radius 1 is 1.46 bits per heavy atom. The summed E-state index contributed by atoms with van der Waals surface area (Å²) in [5, 5.41) is 10.1. The number of methoxy groups -OCH3 is 1. The van der Waals surface area contributed by atoms with Crippen LogP contribution in [0.15, 0.2) is 18.2 Å². The molecule has 0 saturated carbocycles. The van der Waals surface area contributed by atoms with Gasteiger partial charge in [-0.2, -0.15) is 0 Å². The normalized spacial score (nSPS) is 21.6. The number of carboxylic acids is 1. The van der Waals surface area contributed by atoms with Gasteiger partial charge in [-0.3, -0.25) is 9.59 Å². The standard InChI is InChI=1S/C17H22ClNO5/c1-11-8-13(4-5-14(11)18)24-12(2)15(20)19-7-6-17(9-19,10-23-3)16(21)22/h4-5,8,12H,6-7,9-10H2,1-3H3,(H,21,22). The molecule has 132 valence electrons. The number of hydrogen-bond acceptors (Lipinski definition) is 4. The third-order valence-corrected chi connectivity index (χ3v) is 4.75. The third-order valence-electron chi connectivity index (χ3n) is 4.33. The number of carbonyl (C=O) groups excluding carboxylic acids is 1. The van der Waals surface area contributed by atoms with Gasteiger partial charge >= 0.3 is 5.97 Å². The van der Waals surface area contributed by atoms with E-state index in [1.165, 1.54) is 12.0 Å². The number of hydrogen-bond donors (Lipinski definition) is 1. The van der Waals surface area contributed by atoms with Crippen LogP contribution in [0.3, 0.4) is 0 Å². The molecule has 1 amide bonds. The summed E-state index contributed by atoms with van der Waals surface area (Å²) < 4.78 is 10.7. The smallest absolute Gasteiger partial charge is 0.313 e. The van der Waals surface area contributed by atoms with Gasteiger partial charge in [0.2, 0.25) is 0 Å². The minimum absolute atomic E-state index is 0.0811. The van der Waals surface area contributed by atoms with E-state index in [2.05, 4.69) is 0 Å². The molecule has 1 N–H and O–H groups in total. The van der Waals surface area contributed by atoms with E-state index >= 15 is 0 Å². The van der Waals surface area contributed by atoms with Crippen molar-refractivity contribution in [3.05, 3.63) is 28.8 Å². The van der Waals surface area contributed by atoms with Crippen LogP contribution in [0, 0.1) is 12.3 Å². The first-order chi connectivity index (χ1) is 11.3. The molecule has 1 aliphatic rings. The highest BCUT2D eigenvalue weighted by molar-refractivity contribution is 6.31. The van der Waals surface area contributed by atoms with Crippen LogP contribution >= 0.6 is 11.6 Å². The van der Waals surface area contributed by atoms with Crippen LogP contribution in [0.4, 0.5) is 0 Å². The molecule has 0 aromatic heterocycles. The Hall–Kier alpha value is -1.79. The van der Waals surface area contributed by atoms with Crippen LogP contribution in [0.1, 0.15) is 18.9 Å². The maximum atomic E-state index is 12.6.